The highest BCUT2D eigenvalue weighted by molar-refractivity contribution is 7.51. The first-order valence-electron chi connectivity index (χ1n) is 10.3. The molecule has 0 radical (unpaired) electrons. The van der Waals surface area contributed by atoms with Gasteiger partial charge in [0.1, 0.15) is 0 Å². The molecule has 0 spiro atoms. The van der Waals surface area contributed by atoms with Crippen LogP contribution < -0.4 is 5.73 Å². The summed E-state index contributed by atoms with van der Waals surface area (Å²) in [5.41, 5.74) is 5.48. The zero-order chi connectivity index (χ0) is 17.9. The average Bonchev–Trinajstić information content (AvgIpc) is 2.52. The molecule has 0 rings (SSSR count). The normalized spacial score (nSPS) is 12.0. The van der Waals surface area contributed by atoms with Crippen molar-refractivity contribution >= 4 is 7.60 Å². The van der Waals surface area contributed by atoms with Crippen molar-refractivity contribution in [3.8, 4) is 0 Å². The molecule has 0 aromatic rings. The first-order valence-corrected chi connectivity index (χ1v) is 12.1. The molecule has 0 aliphatic rings. The van der Waals surface area contributed by atoms with Gasteiger partial charge in [-0.3, -0.25) is 4.57 Å². The third kappa shape index (κ3) is 22.1. The minimum atomic E-state index is -3.76. The van der Waals surface area contributed by atoms with Gasteiger partial charge in [-0.05, 0) is 19.4 Å². The summed E-state index contributed by atoms with van der Waals surface area (Å²) in [5, 5.41) is 0. The van der Waals surface area contributed by atoms with E-state index in [1.807, 2.05) is 0 Å². The van der Waals surface area contributed by atoms with E-state index in [1.54, 1.807) is 0 Å². The highest BCUT2D eigenvalue weighted by atomic mass is 31.2. The van der Waals surface area contributed by atoms with Crippen LogP contribution in [0.15, 0.2) is 0 Å². The van der Waals surface area contributed by atoms with Crippen molar-refractivity contribution in [3.63, 3.8) is 0 Å². The summed E-state index contributed by atoms with van der Waals surface area (Å²) in [7, 11) is -3.76. The number of nitrogens with two attached hydrogens (primary N) is 1. The molecule has 0 saturated heterocycles. The fourth-order valence-electron chi connectivity index (χ4n) is 3.11. The van der Waals surface area contributed by atoms with Gasteiger partial charge >= 0.3 is 7.60 Å². The molecule has 5 heteroatoms. The summed E-state index contributed by atoms with van der Waals surface area (Å²) in [6, 6.07) is 0. The summed E-state index contributed by atoms with van der Waals surface area (Å²) in [5.74, 6) is 0. The summed E-state index contributed by atoms with van der Waals surface area (Å²) in [4.78, 5) is 17.5. The smallest absolute Gasteiger partial charge is 0.325 e. The molecule has 0 aliphatic carbocycles. The molecular weight excluding hydrogens is 321 g/mol. The lowest BCUT2D eigenvalue weighted by Crippen LogP contribution is -1.97. The third-order valence-corrected chi connectivity index (χ3v) is 5.55. The molecule has 146 valence electrons. The van der Waals surface area contributed by atoms with Crippen LogP contribution in [0.1, 0.15) is 109 Å². The zero-order valence-electron chi connectivity index (χ0n) is 15.8. The summed E-state index contributed by atoms with van der Waals surface area (Å²) < 4.78 is 10.7. The molecule has 0 unspecified atom stereocenters. The van der Waals surface area contributed by atoms with E-state index >= 15 is 0 Å². The minimum Gasteiger partial charge on any atom is -0.330 e. The molecule has 4 nitrogen and oxygen atoms in total. The number of unbranched alkanes of at least 4 members (excludes halogenated alkanes) is 16. The van der Waals surface area contributed by atoms with Crippen LogP contribution in [-0.4, -0.2) is 22.5 Å². The Hall–Kier alpha value is 0.110. The second-order valence-electron chi connectivity index (χ2n) is 7.19. The fraction of sp³-hybridized carbons (Fsp3) is 1.00. The van der Waals surface area contributed by atoms with Crippen molar-refractivity contribution < 1.29 is 14.4 Å². The van der Waals surface area contributed by atoms with Crippen molar-refractivity contribution in [1.82, 2.24) is 0 Å². The SMILES string of the molecule is NCCCCCCCCCCCCCCCCCCCP(=O)(O)O. The Bertz CT molecular complexity index is 294. The molecule has 0 bridgehead atoms. The zero-order valence-corrected chi connectivity index (χ0v) is 16.7. The van der Waals surface area contributed by atoms with E-state index in [4.69, 9.17) is 15.5 Å². The summed E-state index contributed by atoms with van der Waals surface area (Å²) in [6.45, 7) is 0.844. The van der Waals surface area contributed by atoms with Gasteiger partial charge in [0, 0.05) is 6.16 Å². The van der Waals surface area contributed by atoms with Gasteiger partial charge in [-0.25, -0.2) is 0 Å². The lowest BCUT2D eigenvalue weighted by atomic mass is 10.0. The van der Waals surface area contributed by atoms with Crippen LogP contribution in [0.25, 0.3) is 0 Å². The quantitative estimate of drug-likeness (QED) is 0.201. The van der Waals surface area contributed by atoms with Crippen molar-refractivity contribution in [2.24, 2.45) is 5.73 Å². The van der Waals surface area contributed by atoms with E-state index in [1.165, 1.54) is 89.9 Å². The fourth-order valence-corrected chi connectivity index (χ4v) is 3.75. The van der Waals surface area contributed by atoms with E-state index in [0.717, 1.165) is 19.4 Å². The van der Waals surface area contributed by atoms with Gasteiger partial charge in [0.2, 0.25) is 0 Å². The van der Waals surface area contributed by atoms with Crippen LogP contribution in [0.4, 0.5) is 0 Å². The van der Waals surface area contributed by atoms with Crippen LogP contribution in [0.3, 0.4) is 0 Å². The Kier molecular flexibility index (Phi) is 18.0. The monoisotopic (exact) mass is 363 g/mol. The molecule has 0 saturated carbocycles. The van der Waals surface area contributed by atoms with Gasteiger partial charge in [-0.15, -0.1) is 0 Å². The van der Waals surface area contributed by atoms with Crippen molar-refractivity contribution in [2.45, 2.75) is 109 Å². The van der Waals surface area contributed by atoms with Gasteiger partial charge in [0.25, 0.3) is 0 Å². The molecule has 4 N–H and O–H groups in total. The Labute approximate surface area is 150 Å². The maximum absolute atomic E-state index is 10.7. The maximum atomic E-state index is 10.7. The highest BCUT2D eigenvalue weighted by Gasteiger charge is 2.10. The van der Waals surface area contributed by atoms with Crippen molar-refractivity contribution in [1.29, 1.82) is 0 Å². The van der Waals surface area contributed by atoms with E-state index < -0.39 is 7.60 Å². The first kappa shape index (κ1) is 24.1. The van der Waals surface area contributed by atoms with Crippen LogP contribution >= 0.6 is 7.60 Å². The molecule has 0 atom stereocenters. The molecular formula is C19H42NO3P. The second kappa shape index (κ2) is 17.9. The predicted octanol–water partition coefficient (Wildman–Crippen LogP) is 5.75. The Balaban J connectivity index is 3.02. The summed E-state index contributed by atoms with van der Waals surface area (Å²) >= 11 is 0. The van der Waals surface area contributed by atoms with Crippen LogP contribution in [0.2, 0.25) is 0 Å². The van der Waals surface area contributed by atoms with Crippen LogP contribution in [0.5, 0.6) is 0 Å². The maximum Gasteiger partial charge on any atom is 0.325 e. The van der Waals surface area contributed by atoms with E-state index in [-0.39, 0.29) is 6.16 Å². The molecule has 0 fully saturated rings. The van der Waals surface area contributed by atoms with Gasteiger partial charge in [0.15, 0.2) is 0 Å². The molecule has 0 aromatic heterocycles. The van der Waals surface area contributed by atoms with Crippen molar-refractivity contribution in [3.05, 3.63) is 0 Å². The van der Waals surface area contributed by atoms with Crippen molar-refractivity contribution in [2.75, 3.05) is 12.7 Å². The van der Waals surface area contributed by atoms with E-state index in [0.29, 0.717) is 6.42 Å². The van der Waals surface area contributed by atoms with Crippen LogP contribution in [-0.2, 0) is 4.57 Å². The first-order chi connectivity index (χ1) is 11.6. The van der Waals surface area contributed by atoms with Gasteiger partial charge < -0.3 is 15.5 Å². The van der Waals surface area contributed by atoms with E-state index in [2.05, 4.69) is 0 Å². The molecule has 24 heavy (non-hydrogen) atoms. The minimum absolute atomic E-state index is 0.0562. The Morgan fingerprint density at radius 2 is 0.750 bits per heavy atom. The third-order valence-electron chi connectivity index (χ3n) is 4.65. The van der Waals surface area contributed by atoms with Gasteiger partial charge in [0.05, 0.1) is 0 Å². The highest BCUT2D eigenvalue weighted by Crippen LogP contribution is 2.35. The molecule has 0 amide bonds. The van der Waals surface area contributed by atoms with Gasteiger partial charge in [-0.1, -0.05) is 96.3 Å². The number of hydrogen-bond acceptors (Lipinski definition) is 2. The lowest BCUT2D eigenvalue weighted by Gasteiger charge is -2.04. The molecule has 0 aromatic carbocycles. The lowest BCUT2D eigenvalue weighted by molar-refractivity contribution is 0.370. The largest absolute Gasteiger partial charge is 0.330 e. The topological polar surface area (TPSA) is 83.6 Å². The second-order valence-corrected chi connectivity index (χ2v) is 8.96. The van der Waals surface area contributed by atoms with Crippen LogP contribution in [0, 0.1) is 0 Å². The standard InChI is InChI=1S/C19H42NO3P/c20-18-16-14-12-10-8-6-4-2-1-3-5-7-9-11-13-15-17-19-24(21,22)23/h1-20H2,(H2,21,22,23). The number of rotatable bonds is 19. The molecule has 0 heterocycles. The van der Waals surface area contributed by atoms with Gasteiger partial charge in [-0.2, -0.15) is 0 Å². The predicted molar refractivity (Wildman–Crippen MR) is 104 cm³/mol. The molecule has 0 aliphatic heterocycles. The van der Waals surface area contributed by atoms with E-state index in [9.17, 15) is 4.57 Å². The Morgan fingerprint density at radius 1 is 0.500 bits per heavy atom. The number of hydrogen-bond donors (Lipinski definition) is 3. The summed E-state index contributed by atoms with van der Waals surface area (Å²) in [6.07, 6.45) is 21.5. The Morgan fingerprint density at radius 3 is 1.00 bits per heavy atom. The average molecular weight is 364 g/mol.